The second kappa shape index (κ2) is 7.29. The lowest BCUT2D eigenvalue weighted by Gasteiger charge is -2.11. The average molecular weight is 452 g/mol. The summed E-state index contributed by atoms with van der Waals surface area (Å²) < 4.78 is 43.6. The SMILES string of the molecule is Cn1cnnc1-c1ccccc1-c1cc(N)nc(-n2nc3c(C(F)(F)F)cccn3c2=O)c1. The van der Waals surface area contributed by atoms with Crippen LogP contribution >= 0.6 is 0 Å². The van der Waals surface area contributed by atoms with Crippen LogP contribution in [0.4, 0.5) is 19.0 Å². The van der Waals surface area contributed by atoms with Crippen LogP contribution in [0.5, 0.6) is 0 Å². The molecule has 2 N–H and O–H groups in total. The molecule has 0 fully saturated rings. The molecule has 33 heavy (non-hydrogen) atoms. The summed E-state index contributed by atoms with van der Waals surface area (Å²) in [4.78, 5) is 17.0. The molecule has 0 saturated heterocycles. The van der Waals surface area contributed by atoms with E-state index in [0.717, 1.165) is 32.3 Å². The highest BCUT2D eigenvalue weighted by atomic mass is 19.4. The Morgan fingerprint density at radius 2 is 1.79 bits per heavy atom. The van der Waals surface area contributed by atoms with Gasteiger partial charge in [-0.15, -0.1) is 15.3 Å². The normalized spacial score (nSPS) is 11.9. The Morgan fingerprint density at radius 1 is 1.03 bits per heavy atom. The van der Waals surface area contributed by atoms with Crippen LogP contribution in [-0.4, -0.2) is 33.9 Å². The number of pyridine rings is 2. The van der Waals surface area contributed by atoms with E-state index >= 15 is 0 Å². The third-order valence-corrected chi connectivity index (χ3v) is 5.09. The summed E-state index contributed by atoms with van der Waals surface area (Å²) in [5, 5.41) is 12.0. The third-order valence-electron chi connectivity index (χ3n) is 5.09. The molecule has 1 aromatic carbocycles. The van der Waals surface area contributed by atoms with Gasteiger partial charge in [-0.25, -0.2) is 14.2 Å². The van der Waals surface area contributed by atoms with Crippen molar-refractivity contribution in [2.45, 2.75) is 6.18 Å². The molecule has 0 spiro atoms. The number of aromatic nitrogens is 7. The van der Waals surface area contributed by atoms with Crippen molar-refractivity contribution in [3.8, 4) is 28.3 Å². The van der Waals surface area contributed by atoms with Crippen LogP contribution in [0.2, 0.25) is 0 Å². The lowest BCUT2D eigenvalue weighted by molar-refractivity contribution is -0.136. The number of fused-ring (bicyclic) bond motifs is 1. The molecule has 0 saturated carbocycles. The van der Waals surface area contributed by atoms with Crippen LogP contribution in [0.3, 0.4) is 0 Å². The molecule has 166 valence electrons. The van der Waals surface area contributed by atoms with Gasteiger partial charge in [0, 0.05) is 18.8 Å². The average Bonchev–Trinajstić information content (AvgIpc) is 3.35. The van der Waals surface area contributed by atoms with Crippen molar-refractivity contribution in [1.29, 1.82) is 0 Å². The Hall–Kier alpha value is -4.48. The van der Waals surface area contributed by atoms with E-state index in [1.165, 1.54) is 12.3 Å². The van der Waals surface area contributed by atoms with Crippen molar-refractivity contribution in [3.63, 3.8) is 0 Å². The number of hydrogen-bond donors (Lipinski definition) is 1. The number of hydrogen-bond acceptors (Lipinski definition) is 6. The van der Waals surface area contributed by atoms with Crippen LogP contribution in [0.15, 0.2) is 65.8 Å². The molecule has 0 aliphatic heterocycles. The first-order valence-corrected chi connectivity index (χ1v) is 9.63. The van der Waals surface area contributed by atoms with Gasteiger partial charge in [0.15, 0.2) is 17.3 Å². The molecule has 4 heterocycles. The number of aryl methyl sites for hydroxylation is 1. The maximum atomic E-state index is 13.4. The molecule has 12 heteroatoms. The molecule has 5 rings (SSSR count). The Kier molecular flexibility index (Phi) is 4.51. The fraction of sp³-hybridized carbons (Fsp3) is 0.0952. The number of benzene rings is 1. The number of anilines is 1. The summed E-state index contributed by atoms with van der Waals surface area (Å²) in [5.74, 6) is 0.650. The molecular weight excluding hydrogens is 437 g/mol. The Balaban J connectivity index is 1.72. The Morgan fingerprint density at radius 3 is 2.48 bits per heavy atom. The molecule has 0 radical (unpaired) electrons. The number of halogens is 3. The number of rotatable bonds is 3. The summed E-state index contributed by atoms with van der Waals surface area (Å²) in [6.07, 6.45) is -1.90. The van der Waals surface area contributed by atoms with E-state index in [1.54, 1.807) is 24.0 Å². The van der Waals surface area contributed by atoms with Gasteiger partial charge in [-0.05, 0) is 35.4 Å². The van der Waals surface area contributed by atoms with Crippen molar-refractivity contribution in [2.75, 3.05) is 5.73 Å². The first-order chi connectivity index (χ1) is 15.7. The standard InChI is InChI=1S/C21H15F3N8O/c1-30-11-26-28-18(30)14-6-3-2-5-13(14)12-9-16(25)27-17(10-12)32-20(33)31-8-4-7-15(19(31)29-32)21(22,23)24/h2-11H,1H3,(H2,25,27). The van der Waals surface area contributed by atoms with E-state index < -0.39 is 23.1 Å². The van der Waals surface area contributed by atoms with E-state index in [9.17, 15) is 18.0 Å². The quantitative estimate of drug-likeness (QED) is 0.451. The number of nitrogen functional groups attached to an aromatic ring is 1. The topological polar surface area (TPSA) is 109 Å². The molecule has 0 atom stereocenters. The minimum atomic E-state index is -4.68. The maximum absolute atomic E-state index is 13.4. The van der Waals surface area contributed by atoms with Crippen molar-refractivity contribution in [1.82, 2.24) is 33.9 Å². The van der Waals surface area contributed by atoms with Crippen molar-refractivity contribution in [2.24, 2.45) is 7.05 Å². The van der Waals surface area contributed by atoms with Gasteiger partial charge in [-0.2, -0.15) is 17.9 Å². The van der Waals surface area contributed by atoms with Gasteiger partial charge in [0.1, 0.15) is 17.7 Å². The van der Waals surface area contributed by atoms with Crippen LogP contribution in [-0.2, 0) is 13.2 Å². The van der Waals surface area contributed by atoms with Gasteiger partial charge < -0.3 is 10.3 Å². The molecule has 0 amide bonds. The Labute approximate surface area is 183 Å². The second-order valence-corrected chi connectivity index (χ2v) is 7.26. The van der Waals surface area contributed by atoms with Gasteiger partial charge >= 0.3 is 11.9 Å². The second-order valence-electron chi connectivity index (χ2n) is 7.26. The summed E-state index contributed by atoms with van der Waals surface area (Å²) in [5.41, 5.74) is 5.69. The predicted molar refractivity (Wildman–Crippen MR) is 113 cm³/mol. The van der Waals surface area contributed by atoms with Crippen molar-refractivity contribution < 1.29 is 13.2 Å². The van der Waals surface area contributed by atoms with E-state index in [1.807, 2.05) is 24.3 Å². The lowest BCUT2D eigenvalue weighted by Crippen LogP contribution is -2.21. The largest absolute Gasteiger partial charge is 0.420 e. The molecule has 0 aliphatic rings. The molecule has 5 aromatic rings. The van der Waals surface area contributed by atoms with Gasteiger partial charge in [0.05, 0.1) is 0 Å². The summed E-state index contributed by atoms with van der Waals surface area (Å²) in [6, 6.07) is 12.5. The van der Waals surface area contributed by atoms with Crippen LogP contribution in [0, 0.1) is 0 Å². The minimum absolute atomic E-state index is 0.0143. The fourth-order valence-electron chi connectivity index (χ4n) is 3.62. The molecular formula is C21H15F3N8O. The first-order valence-electron chi connectivity index (χ1n) is 9.63. The summed E-state index contributed by atoms with van der Waals surface area (Å²) in [7, 11) is 1.80. The smallest absolute Gasteiger partial charge is 0.384 e. The highest BCUT2D eigenvalue weighted by Crippen LogP contribution is 2.33. The molecule has 0 bridgehead atoms. The number of nitrogens with zero attached hydrogens (tertiary/aromatic N) is 7. The zero-order chi connectivity index (χ0) is 23.3. The zero-order valence-electron chi connectivity index (χ0n) is 17.0. The van der Waals surface area contributed by atoms with Gasteiger partial charge in [0.2, 0.25) is 0 Å². The van der Waals surface area contributed by atoms with E-state index in [4.69, 9.17) is 5.73 Å². The fourth-order valence-corrected chi connectivity index (χ4v) is 3.62. The van der Waals surface area contributed by atoms with E-state index in [2.05, 4.69) is 20.3 Å². The third kappa shape index (κ3) is 3.41. The van der Waals surface area contributed by atoms with Crippen molar-refractivity contribution in [3.05, 3.63) is 77.1 Å². The van der Waals surface area contributed by atoms with E-state index in [0.29, 0.717) is 11.4 Å². The van der Waals surface area contributed by atoms with Crippen LogP contribution in [0.1, 0.15) is 5.56 Å². The van der Waals surface area contributed by atoms with Crippen LogP contribution in [0.25, 0.3) is 34.0 Å². The van der Waals surface area contributed by atoms with Crippen molar-refractivity contribution >= 4 is 11.5 Å². The molecule has 9 nitrogen and oxygen atoms in total. The van der Waals surface area contributed by atoms with Crippen LogP contribution < -0.4 is 11.4 Å². The minimum Gasteiger partial charge on any atom is -0.384 e. The molecule has 0 unspecified atom stereocenters. The summed E-state index contributed by atoms with van der Waals surface area (Å²) >= 11 is 0. The molecule has 0 aliphatic carbocycles. The first kappa shape index (κ1) is 20.4. The van der Waals surface area contributed by atoms with Gasteiger partial charge in [-0.1, -0.05) is 24.3 Å². The van der Waals surface area contributed by atoms with Gasteiger partial charge in [-0.3, -0.25) is 0 Å². The monoisotopic (exact) mass is 452 g/mol. The van der Waals surface area contributed by atoms with E-state index in [-0.39, 0.29) is 11.6 Å². The Bertz CT molecular complexity index is 1560. The molecule has 4 aromatic heterocycles. The zero-order valence-corrected chi connectivity index (χ0v) is 17.0. The highest BCUT2D eigenvalue weighted by molar-refractivity contribution is 5.82. The highest BCUT2D eigenvalue weighted by Gasteiger charge is 2.34. The predicted octanol–water partition coefficient (Wildman–Crippen LogP) is 2.94. The number of nitrogens with two attached hydrogens (primary N) is 1. The van der Waals surface area contributed by atoms with Gasteiger partial charge in [0.25, 0.3) is 0 Å². The summed E-state index contributed by atoms with van der Waals surface area (Å²) in [6.45, 7) is 0. The number of alkyl halides is 3. The maximum Gasteiger partial charge on any atom is 0.420 e. The lowest BCUT2D eigenvalue weighted by atomic mass is 9.99.